The van der Waals surface area contributed by atoms with Crippen LogP contribution in [-0.2, 0) is 16.1 Å². The zero-order valence-corrected chi connectivity index (χ0v) is 14.8. The molecule has 0 aliphatic rings. The Balaban J connectivity index is 1.71. The van der Waals surface area contributed by atoms with Crippen LogP contribution in [0.1, 0.15) is 33.5 Å². The number of fused-ring (bicyclic) bond motifs is 1. The molecular weight excluding hydrogens is 342 g/mol. The smallest absolute Gasteiger partial charge is 0.339 e. The quantitative estimate of drug-likeness (QED) is 0.704. The molecule has 1 atom stereocenters. The van der Waals surface area contributed by atoms with Gasteiger partial charge in [-0.05, 0) is 38.3 Å². The highest BCUT2D eigenvalue weighted by Gasteiger charge is 2.23. The molecule has 25 heavy (non-hydrogen) atoms. The first-order valence-corrected chi connectivity index (χ1v) is 8.58. The monoisotopic (exact) mass is 359 g/mol. The Morgan fingerprint density at radius 1 is 1.40 bits per heavy atom. The highest BCUT2D eigenvalue weighted by molar-refractivity contribution is 7.09. The van der Waals surface area contributed by atoms with Crippen LogP contribution in [0.3, 0.4) is 0 Å². The molecule has 3 rings (SSSR count). The van der Waals surface area contributed by atoms with Gasteiger partial charge < -0.3 is 14.6 Å². The molecule has 8 heteroatoms. The predicted octanol–water partition coefficient (Wildman–Crippen LogP) is 2.76. The van der Waals surface area contributed by atoms with Crippen LogP contribution in [0.4, 0.5) is 0 Å². The number of hydrogen-bond donors (Lipinski definition) is 1. The molecule has 1 amide bonds. The van der Waals surface area contributed by atoms with Gasteiger partial charge in [0.1, 0.15) is 0 Å². The Labute approximate surface area is 148 Å². The summed E-state index contributed by atoms with van der Waals surface area (Å²) in [7, 11) is 0. The van der Waals surface area contributed by atoms with Crippen molar-refractivity contribution in [2.45, 2.75) is 33.4 Å². The minimum absolute atomic E-state index is 0.277. The summed E-state index contributed by atoms with van der Waals surface area (Å²) in [6.07, 6.45) is -0.920. The van der Waals surface area contributed by atoms with Crippen molar-refractivity contribution in [1.29, 1.82) is 0 Å². The summed E-state index contributed by atoms with van der Waals surface area (Å²) in [5, 5.41) is 9.01. The van der Waals surface area contributed by atoms with E-state index in [0.717, 1.165) is 4.88 Å². The Morgan fingerprint density at radius 2 is 2.20 bits per heavy atom. The van der Waals surface area contributed by atoms with Gasteiger partial charge in [-0.15, -0.1) is 11.3 Å². The average Bonchev–Trinajstić information content (AvgIpc) is 3.22. The van der Waals surface area contributed by atoms with Gasteiger partial charge in [0, 0.05) is 10.6 Å². The van der Waals surface area contributed by atoms with Crippen molar-refractivity contribution in [3.63, 3.8) is 0 Å². The topological polar surface area (TPSA) is 94.3 Å². The maximum atomic E-state index is 12.5. The van der Waals surface area contributed by atoms with Gasteiger partial charge in [-0.2, -0.15) is 0 Å². The van der Waals surface area contributed by atoms with Crippen molar-refractivity contribution in [2.24, 2.45) is 0 Å². The Hall–Kier alpha value is -2.74. The molecule has 130 valence electrons. The number of nitrogens with zero attached hydrogens (tertiary/aromatic N) is 2. The van der Waals surface area contributed by atoms with Crippen LogP contribution in [0.2, 0.25) is 0 Å². The maximum Gasteiger partial charge on any atom is 0.339 e. The largest absolute Gasteiger partial charge is 0.449 e. The zero-order valence-electron chi connectivity index (χ0n) is 14.0. The number of carbonyl (C=O) groups excluding carboxylic acids is 2. The molecular formula is C17H17N3O4S. The van der Waals surface area contributed by atoms with Crippen molar-refractivity contribution < 1.29 is 18.8 Å². The summed E-state index contributed by atoms with van der Waals surface area (Å²) in [5.41, 5.74) is 1.72. The van der Waals surface area contributed by atoms with E-state index < -0.39 is 12.1 Å². The van der Waals surface area contributed by atoms with Gasteiger partial charge in [-0.1, -0.05) is 11.2 Å². The first-order chi connectivity index (χ1) is 12.0. The summed E-state index contributed by atoms with van der Waals surface area (Å²) in [5.74, 6) is -0.966. The van der Waals surface area contributed by atoms with Gasteiger partial charge in [-0.25, -0.2) is 9.78 Å². The molecule has 3 heterocycles. The van der Waals surface area contributed by atoms with E-state index in [2.05, 4.69) is 15.5 Å². The van der Waals surface area contributed by atoms with E-state index in [0.29, 0.717) is 28.9 Å². The third kappa shape index (κ3) is 3.69. The zero-order chi connectivity index (χ0) is 18.0. The number of amides is 1. The highest BCUT2D eigenvalue weighted by atomic mass is 32.1. The summed E-state index contributed by atoms with van der Waals surface area (Å²) in [4.78, 5) is 29.9. The molecule has 3 aromatic heterocycles. The maximum absolute atomic E-state index is 12.5. The van der Waals surface area contributed by atoms with Crippen molar-refractivity contribution in [1.82, 2.24) is 15.5 Å². The number of rotatable bonds is 5. The second kappa shape index (κ2) is 7.02. The lowest BCUT2D eigenvalue weighted by Crippen LogP contribution is -2.35. The lowest BCUT2D eigenvalue weighted by atomic mass is 10.1. The number of thiophene rings is 1. The number of hydrogen-bond acceptors (Lipinski definition) is 7. The van der Waals surface area contributed by atoms with E-state index in [1.165, 1.54) is 6.92 Å². The van der Waals surface area contributed by atoms with Crippen LogP contribution >= 0.6 is 11.3 Å². The van der Waals surface area contributed by atoms with Crippen LogP contribution in [0.25, 0.3) is 11.1 Å². The molecule has 0 saturated heterocycles. The molecule has 0 aliphatic carbocycles. The number of aryl methyl sites for hydroxylation is 2. The first kappa shape index (κ1) is 17.1. The molecule has 1 unspecified atom stereocenters. The van der Waals surface area contributed by atoms with Gasteiger partial charge in [0.05, 0.1) is 23.2 Å². The second-order valence-corrected chi connectivity index (χ2v) is 6.64. The Kier molecular flexibility index (Phi) is 4.80. The lowest BCUT2D eigenvalue weighted by Gasteiger charge is -2.13. The normalized spacial score (nSPS) is 12.1. The van der Waals surface area contributed by atoms with E-state index >= 15 is 0 Å². The highest BCUT2D eigenvalue weighted by Crippen LogP contribution is 2.23. The second-order valence-electron chi connectivity index (χ2n) is 5.60. The fourth-order valence-electron chi connectivity index (χ4n) is 2.39. The molecule has 0 radical (unpaired) electrons. The van der Waals surface area contributed by atoms with E-state index in [1.54, 1.807) is 31.3 Å². The minimum Gasteiger partial charge on any atom is -0.449 e. The van der Waals surface area contributed by atoms with E-state index in [1.807, 2.05) is 17.5 Å². The molecule has 7 nitrogen and oxygen atoms in total. The third-order valence-electron chi connectivity index (χ3n) is 3.64. The fraction of sp³-hybridized carbons (Fsp3) is 0.294. The average molecular weight is 359 g/mol. The van der Waals surface area contributed by atoms with Gasteiger partial charge in [0.25, 0.3) is 11.6 Å². The number of aromatic nitrogens is 2. The van der Waals surface area contributed by atoms with E-state index in [-0.39, 0.29) is 11.6 Å². The number of esters is 1. The minimum atomic E-state index is -0.920. The van der Waals surface area contributed by atoms with Crippen molar-refractivity contribution in [3.05, 3.63) is 45.4 Å². The first-order valence-electron chi connectivity index (χ1n) is 7.70. The van der Waals surface area contributed by atoms with Crippen LogP contribution in [0.15, 0.2) is 28.1 Å². The summed E-state index contributed by atoms with van der Waals surface area (Å²) in [6.45, 7) is 5.40. The standard InChI is InChI=1S/C17H17N3O4S/c1-9-7-13(14-10(2)20-24-16(14)19-9)17(22)23-11(3)15(21)18-8-12-5-4-6-25-12/h4-7,11H,8H2,1-3H3,(H,18,21). The molecule has 0 fully saturated rings. The number of pyridine rings is 1. The number of ether oxygens (including phenoxy) is 1. The lowest BCUT2D eigenvalue weighted by molar-refractivity contribution is -0.129. The van der Waals surface area contributed by atoms with Gasteiger partial charge in [-0.3, -0.25) is 4.79 Å². The Morgan fingerprint density at radius 3 is 2.92 bits per heavy atom. The Bertz CT molecular complexity index is 918. The van der Waals surface area contributed by atoms with Gasteiger partial charge in [0.2, 0.25) is 0 Å². The van der Waals surface area contributed by atoms with Gasteiger partial charge in [0.15, 0.2) is 6.10 Å². The van der Waals surface area contributed by atoms with Crippen molar-refractivity contribution >= 4 is 34.3 Å². The number of carbonyl (C=O) groups is 2. The van der Waals surface area contributed by atoms with Crippen LogP contribution in [-0.4, -0.2) is 28.1 Å². The van der Waals surface area contributed by atoms with Crippen molar-refractivity contribution in [2.75, 3.05) is 0 Å². The van der Waals surface area contributed by atoms with Crippen LogP contribution < -0.4 is 5.32 Å². The fourth-order valence-corrected chi connectivity index (χ4v) is 3.03. The summed E-state index contributed by atoms with van der Waals surface area (Å²) in [6, 6.07) is 5.44. The van der Waals surface area contributed by atoms with Crippen LogP contribution in [0, 0.1) is 13.8 Å². The van der Waals surface area contributed by atoms with Crippen molar-refractivity contribution in [3.8, 4) is 0 Å². The summed E-state index contributed by atoms with van der Waals surface area (Å²) >= 11 is 1.55. The SMILES string of the molecule is Cc1cc(C(=O)OC(C)C(=O)NCc2cccs2)c2c(C)noc2n1. The summed E-state index contributed by atoms with van der Waals surface area (Å²) < 4.78 is 10.4. The molecule has 0 aliphatic heterocycles. The van der Waals surface area contributed by atoms with Crippen LogP contribution in [0.5, 0.6) is 0 Å². The molecule has 0 saturated carbocycles. The van der Waals surface area contributed by atoms with E-state index in [4.69, 9.17) is 9.26 Å². The molecule has 0 aromatic carbocycles. The molecule has 0 bridgehead atoms. The molecule has 3 aromatic rings. The number of nitrogens with one attached hydrogen (secondary N) is 1. The molecule has 1 N–H and O–H groups in total. The van der Waals surface area contributed by atoms with E-state index in [9.17, 15) is 9.59 Å². The predicted molar refractivity (Wildman–Crippen MR) is 92.3 cm³/mol. The molecule has 0 spiro atoms. The third-order valence-corrected chi connectivity index (χ3v) is 4.51. The van der Waals surface area contributed by atoms with Gasteiger partial charge >= 0.3 is 5.97 Å².